The molecule has 0 aromatic heterocycles. The van der Waals surface area contributed by atoms with Gasteiger partial charge < -0.3 is 29.0 Å². The molecule has 1 amide bonds. The quantitative estimate of drug-likeness (QED) is 0.454. The first kappa shape index (κ1) is 26.7. The number of fused-ring (bicyclic) bond motifs is 2. The summed E-state index contributed by atoms with van der Waals surface area (Å²) >= 11 is 0. The minimum absolute atomic E-state index is 0.0437. The highest BCUT2D eigenvalue weighted by molar-refractivity contribution is 5.92. The van der Waals surface area contributed by atoms with Crippen LogP contribution < -0.4 is 24.3 Å². The van der Waals surface area contributed by atoms with Gasteiger partial charge in [-0.3, -0.25) is 9.59 Å². The Morgan fingerprint density at radius 3 is 2.45 bits per heavy atom. The number of halogens is 2. The average Bonchev–Trinajstić information content (AvgIpc) is 3.69. The van der Waals surface area contributed by atoms with Crippen molar-refractivity contribution in [3.63, 3.8) is 0 Å². The zero-order chi connectivity index (χ0) is 28.1. The van der Waals surface area contributed by atoms with Crippen LogP contribution in [-0.4, -0.2) is 38.0 Å². The first-order valence-electron chi connectivity index (χ1n) is 13.9. The van der Waals surface area contributed by atoms with E-state index < -0.39 is 11.7 Å². The van der Waals surface area contributed by atoms with E-state index in [-0.39, 0.29) is 47.4 Å². The van der Waals surface area contributed by atoms with E-state index in [2.05, 4.69) is 14.8 Å². The summed E-state index contributed by atoms with van der Waals surface area (Å²) in [7, 11) is 1.59. The molecular formula is C30H33F2NO7. The smallest absolute Gasteiger partial charge is 0.497 e. The third-order valence-electron chi connectivity index (χ3n) is 8.70. The van der Waals surface area contributed by atoms with E-state index in [0.29, 0.717) is 42.9 Å². The van der Waals surface area contributed by atoms with Gasteiger partial charge in [0.05, 0.1) is 31.1 Å². The van der Waals surface area contributed by atoms with Gasteiger partial charge >= 0.3 is 12.3 Å². The standard InChI is InChI=1S/C30H33F2NO7/c1-3-37-27(34)18-6-4-17(5-7-18)24-16-22(21-10-9-20(36-2)15-25(21)38-24)33-28(35)29(12-13-29)19-8-11-23-26(14-19)40-30(31,32)39-23/h8-11,14-15,17-18,22,24H,3-7,12-13,16H2,1-2H3,(H,33,35)/t17-,18-,22-,24-/m1/s1. The molecule has 0 bridgehead atoms. The van der Waals surface area contributed by atoms with E-state index in [1.807, 2.05) is 25.1 Å². The Kier molecular flexibility index (Phi) is 6.74. The summed E-state index contributed by atoms with van der Waals surface area (Å²) in [4.78, 5) is 26.0. The fourth-order valence-corrected chi connectivity index (χ4v) is 6.33. The molecule has 6 rings (SSSR count). The lowest BCUT2D eigenvalue weighted by Gasteiger charge is -2.39. The third kappa shape index (κ3) is 4.92. The van der Waals surface area contributed by atoms with Gasteiger partial charge in [0.15, 0.2) is 11.5 Å². The van der Waals surface area contributed by atoms with Crippen molar-refractivity contribution in [3.05, 3.63) is 47.5 Å². The van der Waals surface area contributed by atoms with Crippen molar-refractivity contribution in [2.75, 3.05) is 13.7 Å². The number of benzene rings is 2. The second kappa shape index (κ2) is 10.1. The number of rotatable bonds is 7. The van der Waals surface area contributed by atoms with Crippen LogP contribution in [0, 0.1) is 11.8 Å². The summed E-state index contributed by atoms with van der Waals surface area (Å²) in [5, 5.41) is 3.26. The van der Waals surface area contributed by atoms with Crippen LogP contribution in [0.25, 0.3) is 0 Å². The van der Waals surface area contributed by atoms with Crippen molar-refractivity contribution in [2.24, 2.45) is 11.8 Å². The molecule has 0 unspecified atom stereocenters. The minimum Gasteiger partial charge on any atom is -0.497 e. The molecule has 40 heavy (non-hydrogen) atoms. The summed E-state index contributed by atoms with van der Waals surface area (Å²) in [6.45, 7) is 2.20. The Labute approximate surface area is 231 Å². The highest BCUT2D eigenvalue weighted by Crippen LogP contribution is 2.53. The topological polar surface area (TPSA) is 92.3 Å². The van der Waals surface area contributed by atoms with Gasteiger partial charge in [0.25, 0.3) is 0 Å². The third-order valence-corrected chi connectivity index (χ3v) is 8.70. The zero-order valence-corrected chi connectivity index (χ0v) is 22.5. The number of esters is 1. The molecule has 2 saturated carbocycles. The van der Waals surface area contributed by atoms with Crippen molar-refractivity contribution < 1.29 is 42.1 Å². The van der Waals surface area contributed by atoms with Crippen molar-refractivity contribution in [1.82, 2.24) is 5.32 Å². The Hall–Kier alpha value is -3.56. The van der Waals surface area contributed by atoms with Gasteiger partial charge in [-0.25, -0.2) is 0 Å². The lowest BCUT2D eigenvalue weighted by molar-refractivity contribution is -0.286. The number of nitrogens with one attached hydrogen (secondary N) is 1. The number of hydrogen-bond donors (Lipinski definition) is 1. The molecule has 2 aliphatic carbocycles. The Bertz CT molecular complexity index is 1300. The van der Waals surface area contributed by atoms with Crippen LogP contribution >= 0.6 is 0 Å². The van der Waals surface area contributed by atoms with Crippen molar-refractivity contribution in [3.8, 4) is 23.0 Å². The van der Waals surface area contributed by atoms with E-state index >= 15 is 0 Å². The van der Waals surface area contributed by atoms with Gasteiger partial charge in [-0.15, -0.1) is 8.78 Å². The SMILES string of the molecule is CCOC(=O)[C@H]1CC[C@H]([C@H]2C[C@@H](NC(=O)C3(c4ccc5c(c4)OC(F)(F)O5)CC3)c3ccc(OC)cc3O2)CC1. The lowest BCUT2D eigenvalue weighted by atomic mass is 9.76. The summed E-state index contributed by atoms with van der Waals surface area (Å²) in [5.41, 5.74) is 0.682. The number of carbonyl (C=O) groups excluding carboxylic acids is 2. The number of carbonyl (C=O) groups is 2. The lowest BCUT2D eigenvalue weighted by Crippen LogP contribution is -2.43. The summed E-state index contributed by atoms with van der Waals surface area (Å²) in [6.07, 6.45) is 1.11. The summed E-state index contributed by atoms with van der Waals surface area (Å²) in [6, 6.07) is 9.87. The minimum atomic E-state index is -3.71. The number of alkyl halides is 2. The fraction of sp³-hybridized carbons (Fsp3) is 0.533. The van der Waals surface area contributed by atoms with Crippen molar-refractivity contribution in [1.29, 1.82) is 0 Å². The predicted molar refractivity (Wildman–Crippen MR) is 139 cm³/mol. The van der Waals surface area contributed by atoms with E-state index in [0.717, 1.165) is 31.2 Å². The van der Waals surface area contributed by atoms with E-state index in [1.165, 1.54) is 12.1 Å². The largest absolute Gasteiger partial charge is 0.586 e. The molecule has 2 aromatic rings. The van der Waals surface area contributed by atoms with Gasteiger partial charge in [-0.05, 0) is 81.2 Å². The van der Waals surface area contributed by atoms with Crippen LogP contribution in [0.5, 0.6) is 23.0 Å². The molecule has 214 valence electrons. The van der Waals surface area contributed by atoms with Crippen LogP contribution in [0.2, 0.25) is 0 Å². The van der Waals surface area contributed by atoms with E-state index in [1.54, 1.807) is 13.2 Å². The first-order valence-corrected chi connectivity index (χ1v) is 13.9. The van der Waals surface area contributed by atoms with Crippen LogP contribution in [0.1, 0.15) is 69.0 Å². The highest BCUT2D eigenvalue weighted by Gasteiger charge is 2.53. The second-order valence-corrected chi connectivity index (χ2v) is 11.1. The number of methoxy groups -OCH3 is 1. The van der Waals surface area contributed by atoms with Gasteiger partial charge in [0.2, 0.25) is 5.91 Å². The average molecular weight is 558 g/mol. The van der Waals surface area contributed by atoms with Crippen LogP contribution in [0.4, 0.5) is 8.78 Å². The molecule has 8 nitrogen and oxygen atoms in total. The van der Waals surface area contributed by atoms with E-state index in [4.69, 9.17) is 14.2 Å². The fourth-order valence-electron chi connectivity index (χ4n) is 6.33. The molecule has 2 aromatic carbocycles. The first-order chi connectivity index (χ1) is 19.2. The van der Waals surface area contributed by atoms with E-state index in [9.17, 15) is 18.4 Å². The molecular weight excluding hydrogens is 524 g/mol. The second-order valence-electron chi connectivity index (χ2n) is 11.1. The Balaban J connectivity index is 1.20. The maximum Gasteiger partial charge on any atom is 0.586 e. The van der Waals surface area contributed by atoms with Crippen molar-refractivity contribution >= 4 is 11.9 Å². The van der Waals surface area contributed by atoms with Crippen LogP contribution in [0.3, 0.4) is 0 Å². The zero-order valence-electron chi connectivity index (χ0n) is 22.5. The molecule has 1 N–H and O–H groups in total. The van der Waals surface area contributed by atoms with Crippen molar-refractivity contribution in [2.45, 2.75) is 75.7 Å². The number of amides is 1. The highest BCUT2D eigenvalue weighted by atomic mass is 19.3. The molecule has 2 heterocycles. The maximum atomic E-state index is 13.8. The van der Waals surface area contributed by atoms with Gasteiger partial charge in [-0.2, -0.15) is 0 Å². The van der Waals surface area contributed by atoms with Gasteiger partial charge in [0.1, 0.15) is 17.6 Å². The Morgan fingerprint density at radius 2 is 1.75 bits per heavy atom. The molecule has 2 fully saturated rings. The molecule has 0 saturated heterocycles. The normalized spacial score (nSPS) is 27.1. The summed E-state index contributed by atoms with van der Waals surface area (Å²) in [5.74, 6) is 1.08. The summed E-state index contributed by atoms with van der Waals surface area (Å²) < 4.78 is 53.4. The number of ether oxygens (including phenoxy) is 5. The molecule has 2 atom stereocenters. The van der Waals surface area contributed by atoms with Crippen LogP contribution in [0.15, 0.2) is 36.4 Å². The molecule has 0 spiro atoms. The molecule has 0 radical (unpaired) electrons. The van der Waals surface area contributed by atoms with Gasteiger partial charge in [0, 0.05) is 18.1 Å². The van der Waals surface area contributed by atoms with Gasteiger partial charge in [-0.1, -0.05) is 6.07 Å². The monoisotopic (exact) mass is 557 g/mol. The predicted octanol–water partition coefficient (Wildman–Crippen LogP) is 5.43. The number of hydrogen-bond acceptors (Lipinski definition) is 7. The Morgan fingerprint density at radius 1 is 1.00 bits per heavy atom. The maximum absolute atomic E-state index is 13.8. The molecule has 10 heteroatoms. The molecule has 4 aliphatic rings. The molecule has 2 aliphatic heterocycles. The van der Waals surface area contributed by atoms with Crippen LogP contribution in [-0.2, 0) is 19.7 Å².